The highest BCUT2D eigenvalue weighted by molar-refractivity contribution is 5.75. The van der Waals surface area contributed by atoms with Gasteiger partial charge in [-0.2, -0.15) is 4.68 Å². The highest BCUT2D eigenvalue weighted by atomic mass is 16.6. The van der Waals surface area contributed by atoms with Crippen molar-refractivity contribution >= 4 is 11.7 Å². The molecule has 8 heteroatoms. The maximum atomic E-state index is 11.5. The van der Waals surface area contributed by atoms with E-state index < -0.39 is 4.92 Å². The van der Waals surface area contributed by atoms with Gasteiger partial charge in [-0.05, 0) is 23.7 Å². The van der Waals surface area contributed by atoms with Crippen molar-refractivity contribution in [2.24, 2.45) is 5.92 Å². The van der Waals surface area contributed by atoms with Crippen molar-refractivity contribution in [3.8, 4) is 0 Å². The third-order valence-corrected chi connectivity index (χ3v) is 2.92. The molecule has 1 amide bonds. The Morgan fingerprint density at radius 2 is 2.39 bits per heavy atom. The van der Waals surface area contributed by atoms with Gasteiger partial charge in [-0.25, -0.2) is 0 Å². The van der Waals surface area contributed by atoms with Crippen molar-refractivity contribution in [2.45, 2.75) is 25.5 Å². The van der Waals surface area contributed by atoms with Crippen LogP contribution in [0.25, 0.3) is 0 Å². The fourth-order valence-corrected chi connectivity index (χ4v) is 1.86. The topological polar surface area (TPSA) is 110 Å². The van der Waals surface area contributed by atoms with E-state index in [4.69, 9.17) is 5.11 Å². The Balaban J connectivity index is 1.74. The second-order valence-corrected chi connectivity index (χ2v) is 4.42. The zero-order valence-electron chi connectivity index (χ0n) is 9.65. The van der Waals surface area contributed by atoms with Gasteiger partial charge in [0.15, 0.2) is 0 Å². The molecule has 1 aromatic rings. The van der Waals surface area contributed by atoms with Crippen LogP contribution in [-0.4, -0.2) is 38.4 Å². The standard InChI is InChI=1S/C10H14N4O4/c15-8-3-7(4-8)5-11-10(16)6-13-2-1-9(12-13)14(17)18/h1-2,7-8,15H,3-6H2,(H,11,16). The zero-order chi connectivity index (χ0) is 13.1. The van der Waals surface area contributed by atoms with Crippen LogP contribution in [0.4, 0.5) is 5.82 Å². The molecule has 2 rings (SSSR count). The van der Waals surface area contributed by atoms with Gasteiger partial charge in [-0.1, -0.05) is 0 Å². The molecule has 8 nitrogen and oxygen atoms in total. The van der Waals surface area contributed by atoms with Gasteiger partial charge in [0.2, 0.25) is 5.91 Å². The number of carbonyl (C=O) groups excluding carboxylic acids is 1. The monoisotopic (exact) mass is 254 g/mol. The largest absolute Gasteiger partial charge is 0.393 e. The summed E-state index contributed by atoms with van der Waals surface area (Å²) in [6.45, 7) is 0.488. The molecule has 1 saturated carbocycles. The molecule has 0 aliphatic heterocycles. The van der Waals surface area contributed by atoms with Gasteiger partial charge in [-0.15, -0.1) is 0 Å². The van der Waals surface area contributed by atoms with Crippen LogP contribution in [0.15, 0.2) is 12.3 Å². The fourth-order valence-electron chi connectivity index (χ4n) is 1.86. The van der Waals surface area contributed by atoms with Gasteiger partial charge in [0, 0.05) is 6.54 Å². The lowest BCUT2D eigenvalue weighted by molar-refractivity contribution is -0.389. The Kier molecular flexibility index (Phi) is 3.56. The number of nitrogens with zero attached hydrogens (tertiary/aromatic N) is 3. The molecular formula is C10H14N4O4. The third kappa shape index (κ3) is 3.04. The van der Waals surface area contributed by atoms with Crippen LogP contribution in [0.3, 0.4) is 0 Å². The molecule has 98 valence electrons. The molecule has 1 fully saturated rings. The predicted octanol–water partition coefficient (Wildman–Crippen LogP) is -0.322. The molecule has 1 aromatic heterocycles. The molecule has 1 aliphatic rings. The number of rotatable bonds is 5. The zero-order valence-corrected chi connectivity index (χ0v) is 9.65. The van der Waals surface area contributed by atoms with Crippen molar-refractivity contribution in [2.75, 3.05) is 6.54 Å². The van der Waals surface area contributed by atoms with E-state index >= 15 is 0 Å². The summed E-state index contributed by atoms with van der Waals surface area (Å²) in [6.07, 6.45) is 2.59. The molecule has 0 bridgehead atoms. The summed E-state index contributed by atoms with van der Waals surface area (Å²) in [5.41, 5.74) is 0. The smallest absolute Gasteiger partial charge is 0.389 e. The van der Waals surface area contributed by atoms with Crippen LogP contribution in [-0.2, 0) is 11.3 Å². The molecule has 2 N–H and O–H groups in total. The molecule has 0 radical (unpaired) electrons. The first-order valence-electron chi connectivity index (χ1n) is 5.67. The maximum absolute atomic E-state index is 11.5. The highest BCUT2D eigenvalue weighted by Crippen LogP contribution is 2.25. The van der Waals surface area contributed by atoms with Crippen LogP contribution >= 0.6 is 0 Å². The number of aliphatic hydroxyl groups excluding tert-OH is 1. The molecule has 1 aliphatic carbocycles. The summed E-state index contributed by atoms with van der Waals surface area (Å²) >= 11 is 0. The van der Waals surface area contributed by atoms with E-state index in [1.54, 1.807) is 0 Å². The second-order valence-electron chi connectivity index (χ2n) is 4.42. The summed E-state index contributed by atoms with van der Waals surface area (Å²) in [5.74, 6) is -0.185. The average Bonchev–Trinajstić information content (AvgIpc) is 2.71. The maximum Gasteiger partial charge on any atom is 0.389 e. The predicted molar refractivity (Wildman–Crippen MR) is 60.6 cm³/mol. The number of aliphatic hydroxyl groups is 1. The lowest BCUT2D eigenvalue weighted by Gasteiger charge is -2.31. The van der Waals surface area contributed by atoms with Crippen LogP contribution < -0.4 is 5.32 Å². The third-order valence-electron chi connectivity index (χ3n) is 2.92. The van der Waals surface area contributed by atoms with Gasteiger partial charge < -0.3 is 20.5 Å². The van der Waals surface area contributed by atoms with E-state index in [1.807, 2.05) is 0 Å². The van der Waals surface area contributed by atoms with E-state index in [0.29, 0.717) is 25.3 Å². The quantitative estimate of drug-likeness (QED) is 0.552. The van der Waals surface area contributed by atoms with Crippen LogP contribution in [0.2, 0.25) is 0 Å². The van der Waals surface area contributed by atoms with Crippen molar-refractivity contribution < 1.29 is 14.8 Å². The van der Waals surface area contributed by atoms with Crippen molar-refractivity contribution in [3.05, 3.63) is 22.4 Å². The minimum Gasteiger partial charge on any atom is -0.393 e. The Labute approximate surface area is 103 Å². The van der Waals surface area contributed by atoms with Crippen molar-refractivity contribution in [1.29, 1.82) is 0 Å². The Morgan fingerprint density at radius 1 is 1.67 bits per heavy atom. The van der Waals surface area contributed by atoms with E-state index in [0.717, 1.165) is 0 Å². The van der Waals surface area contributed by atoms with Crippen molar-refractivity contribution in [3.63, 3.8) is 0 Å². The second kappa shape index (κ2) is 5.13. The highest BCUT2D eigenvalue weighted by Gasteiger charge is 2.27. The van der Waals surface area contributed by atoms with Gasteiger partial charge in [0.25, 0.3) is 0 Å². The number of hydrogen-bond donors (Lipinski definition) is 2. The first kappa shape index (κ1) is 12.5. The number of hydrogen-bond acceptors (Lipinski definition) is 5. The SMILES string of the molecule is O=C(Cn1ccc([N+](=O)[O-])n1)NCC1CC(O)C1. The van der Waals surface area contributed by atoms with E-state index in [-0.39, 0.29) is 24.4 Å². The summed E-state index contributed by atoms with van der Waals surface area (Å²) in [7, 11) is 0. The Bertz CT molecular complexity index is 452. The minimum absolute atomic E-state index is 0.0386. The first-order valence-corrected chi connectivity index (χ1v) is 5.67. The normalized spacial score (nSPS) is 22.3. The number of carbonyl (C=O) groups is 1. The summed E-state index contributed by atoms with van der Waals surface area (Å²) in [6, 6.07) is 1.25. The van der Waals surface area contributed by atoms with Crippen LogP contribution in [0.1, 0.15) is 12.8 Å². The molecule has 18 heavy (non-hydrogen) atoms. The lowest BCUT2D eigenvalue weighted by atomic mass is 9.82. The molecule has 0 aromatic carbocycles. The van der Waals surface area contributed by atoms with E-state index in [2.05, 4.69) is 10.4 Å². The lowest BCUT2D eigenvalue weighted by Crippen LogP contribution is -2.39. The van der Waals surface area contributed by atoms with Crippen LogP contribution in [0, 0.1) is 16.0 Å². The summed E-state index contributed by atoms with van der Waals surface area (Å²) in [5, 5.41) is 25.8. The van der Waals surface area contributed by atoms with E-state index in [1.165, 1.54) is 16.9 Å². The summed E-state index contributed by atoms with van der Waals surface area (Å²) < 4.78 is 1.23. The summed E-state index contributed by atoms with van der Waals surface area (Å²) in [4.78, 5) is 21.3. The molecule has 0 atom stereocenters. The molecule has 0 unspecified atom stereocenters. The molecule has 1 heterocycles. The van der Waals surface area contributed by atoms with Crippen LogP contribution in [0.5, 0.6) is 0 Å². The number of amides is 1. The number of nitrogens with one attached hydrogen (secondary N) is 1. The first-order chi connectivity index (χ1) is 8.54. The Hall–Kier alpha value is -1.96. The minimum atomic E-state index is -0.607. The van der Waals surface area contributed by atoms with Gasteiger partial charge in [0.1, 0.15) is 6.54 Å². The van der Waals surface area contributed by atoms with Gasteiger partial charge in [-0.3, -0.25) is 4.79 Å². The fraction of sp³-hybridized carbons (Fsp3) is 0.600. The Morgan fingerprint density at radius 3 is 2.94 bits per heavy atom. The van der Waals surface area contributed by atoms with Gasteiger partial charge in [0.05, 0.1) is 23.5 Å². The van der Waals surface area contributed by atoms with Gasteiger partial charge >= 0.3 is 5.82 Å². The molecular weight excluding hydrogens is 240 g/mol. The number of aromatic nitrogens is 2. The molecule has 0 saturated heterocycles. The van der Waals surface area contributed by atoms with E-state index in [9.17, 15) is 14.9 Å². The molecule has 0 spiro atoms. The number of nitro groups is 1. The average molecular weight is 254 g/mol. The van der Waals surface area contributed by atoms with Crippen molar-refractivity contribution in [1.82, 2.24) is 15.1 Å².